The Kier molecular flexibility index (Phi) is 6.17. The van der Waals surface area contributed by atoms with Crippen LogP contribution in [0.15, 0.2) is 72.8 Å². The van der Waals surface area contributed by atoms with Crippen molar-refractivity contribution in [3.05, 3.63) is 89.6 Å². The molecule has 0 aliphatic carbocycles. The Labute approximate surface area is 164 Å². The zero-order valence-corrected chi connectivity index (χ0v) is 16.0. The normalized spacial score (nSPS) is 10.4. The predicted octanol–water partition coefficient (Wildman–Crippen LogP) is 3.87. The molecule has 0 aliphatic rings. The summed E-state index contributed by atoms with van der Waals surface area (Å²) in [5.74, 6) is -0.810. The minimum Gasteiger partial charge on any atom is -0.452 e. The molecule has 3 aromatic rings. The van der Waals surface area contributed by atoms with Gasteiger partial charge >= 0.3 is 5.97 Å². The minimum atomic E-state index is -0.550. The van der Waals surface area contributed by atoms with E-state index in [9.17, 15) is 9.59 Å². The number of esters is 1. The van der Waals surface area contributed by atoms with Crippen molar-refractivity contribution in [2.75, 3.05) is 13.7 Å². The van der Waals surface area contributed by atoms with Crippen LogP contribution in [0.3, 0.4) is 0 Å². The molecular weight excluding hydrogens is 352 g/mol. The van der Waals surface area contributed by atoms with E-state index in [4.69, 9.17) is 4.74 Å². The van der Waals surface area contributed by atoms with Gasteiger partial charge in [0.25, 0.3) is 5.91 Å². The molecule has 0 N–H and O–H groups in total. The smallest absolute Gasteiger partial charge is 0.340 e. The maximum Gasteiger partial charge on any atom is 0.340 e. The number of nitrogens with zero attached hydrogens (tertiary/aromatic N) is 2. The topological polar surface area (TPSA) is 59.5 Å². The lowest BCUT2D eigenvalue weighted by atomic mass is 10.1. The maximum absolute atomic E-state index is 12.4. The van der Waals surface area contributed by atoms with Gasteiger partial charge in [0.2, 0.25) is 0 Å². The van der Waals surface area contributed by atoms with Crippen LogP contribution >= 0.6 is 0 Å². The van der Waals surface area contributed by atoms with Crippen molar-refractivity contribution < 1.29 is 14.3 Å². The Morgan fingerprint density at radius 2 is 1.57 bits per heavy atom. The Morgan fingerprint density at radius 1 is 0.929 bits per heavy atom. The number of benzene rings is 2. The molecule has 0 fully saturated rings. The molecule has 142 valence electrons. The van der Waals surface area contributed by atoms with E-state index in [1.54, 1.807) is 26.1 Å². The van der Waals surface area contributed by atoms with Crippen LogP contribution < -0.4 is 0 Å². The van der Waals surface area contributed by atoms with Crippen LogP contribution in [0.2, 0.25) is 0 Å². The average Bonchev–Trinajstić information content (AvgIpc) is 2.73. The molecule has 1 heterocycles. The number of hydrogen-bond donors (Lipinski definition) is 0. The van der Waals surface area contributed by atoms with Crippen LogP contribution in [-0.2, 0) is 16.1 Å². The van der Waals surface area contributed by atoms with Gasteiger partial charge in [-0.15, -0.1) is 0 Å². The highest BCUT2D eigenvalue weighted by Gasteiger charge is 2.16. The summed E-state index contributed by atoms with van der Waals surface area (Å²) in [6, 6.07) is 22.8. The lowest BCUT2D eigenvalue weighted by Gasteiger charge is -2.17. The summed E-state index contributed by atoms with van der Waals surface area (Å²) in [5.41, 5.74) is 3.70. The van der Waals surface area contributed by atoms with Crippen LogP contribution in [0.25, 0.3) is 11.3 Å². The maximum atomic E-state index is 12.4. The fourth-order valence-corrected chi connectivity index (χ4v) is 2.81. The monoisotopic (exact) mass is 374 g/mol. The molecule has 0 saturated heterocycles. The first-order valence-corrected chi connectivity index (χ1v) is 9.02. The van der Waals surface area contributed by atoms with Gasteiger partial charge in [0, 0.05) is 19.2 Å². The number of carbonyl (C=O) groups is 2. The van der Waals surface area contributed by atoms with Gasteiger partial charge in [-0.05, 0) is 24.6 Å². The van der Waals surface area contributed by atoms with Gasteiger partial charge < -0.3 is 9.64 Å². The van der Waals surface area contributed by atoms with Crippen LogP contribution in [0.5, 0.6) is 0 Å². The van der Waals surface area contributed by atoms with E-state index in [-0.39, 0.29) is 12.5 Å². The molecule has 28 heavy (non-hydrogen) atoms. The Balaban J connectivity index is 1.59. The number of carbonyl (C=O) groups excluding carboxylic acids is 2. The molecule has 0 saturated carbocycles. The van der Waals surface area contributed by atoms with E-state index in [1.165, 1.54) is 4.90 Å². The molecule has 1 amide bonds. The quantitative estimate of drug-likeness (QED) is 0.615. The Hall–Kier alpha value is -3.47. The molecule has 0 atom stereocenters. The minimum absolute atomic E-state index is 0.260. The molecule has 0 bridgehead atoms. The van der Waals surface area contributed by atoms with Crippen molar-refractivity contribution in [3.8, 4) is 11.3 Å². The summed E-state index contributed by atoms with van der Waals surface area (Å²) in [5, 5.41) is 0. The third kappa shape index (κ3) is 4.82. The highest BCUT2D eigenvalue weighted by Crippen LogP contribution is 2.19. The average molecular weight is 374 g/mol. The lowest BCUT2D eigenvalue weighted by Crippen LogP contribution is -2.30. The number of ether oxygens (including phenoxy) is 1. The molecule has 0 spiro atoms. The zero-order chi connectivity index (χ0) is 19.9. The molecular formula is C23H22N2O3. The summed E-state index contributed by atoms with van der Waals surface area (Å²) >= 11 is 0. The largest absolute Gasteiger partial charge is 0.452 e. The molecule has 1 aromatic heterocycles. The Bertz CT molecular complexity index is 956. The van der Waals surface area contributed by atoms with Gasteiger partial charge in [0.1, 0.15) is 0 Å². The molecule has 0 radical (unpaired) electrons. The van der Waals surface area contributed by atoms with Crippen LogP contribution in [0, 0.1) is 6.92 Å². The Morgan fingerprint density at radius 3 is 2.21 bits per heavy atom. The molecule has 3 rings (SSSR count). The van der Waals surface area contributed by atoms with E-state index in [0.29, 0.717) is 17.8 Å². The second kappa shape index (κ2) is 8.95. The summed E-state index contributed by atoms with van der Waals surface area (Å²) in [7, 11) is 1.69. The van der Waals surface area contributed by atoms with E-state index >= 15 is 0 Å². The summed E-state index contributed by atoms with van der Waals surface area (Å²) in [4.78, 5) is 30.6. The number of aryl methyl sites for hydroxylation is 1. The third-order valence-corrected chi connectivity index (χ3v) is 4.39. The van der Waals surface area contributed by atoms with Crippen LogP contribution in [0.1, 0.15) is 21.6 Å². The number of rotatable bonds is 6. The second-order valence-electron chi connectivity index (χ2n) is 6.51. The number of aromatic nitrogens is 1. The van der Waals surface area contributed by atoms with Gasteiger partial charge in [-0.25, -0.2) is 4.79 Å². The second-order valence-corrected chi connectivity index (χ2v) is 6.51. The lowest BCUT2D eigenvalue weighted by molar-refractivity contribution is -0.133. The number of hydrogen-bond acceptors (Lipinski definition) is 4. The summed E-state index contributed by atoms with van der Waals surface area (Å²) in [6.45, 7) is 1.91. The molecule has 0 aliphatic heterocycles. The van der Waals surface area contributed by atoms with Gasteiger partial charge in [-0.3, -0.25) is 9.78 Å². The molecule has 5 nitrogen and oxygen atoms in total. The number of pyridine rings is 1. The van der Waals surface area contributed by atoms with Crippen LogP contribution in [-0.4, -0.2) is 35.4 Å². The van der Waals surface area contributed by atoms with Crippen LogP contribution in [0.4, 0.5) is 0 Å². The standard InChI is InChI=1S/C23H22N2O3/c1-17-20(13-14-21(24-17)19-11-7-4-8-12-19)23(27)28-16-22(26)25(2)15-18-9-5-3-6-10-18/h3-14H,15-16H2,1-2H3. The van der Waals surface area contributed by atoms with E-state index < -0.39 is 5.97 Å². The highest BCUT2D eigenvalue weighted by molar-refractivity contribution is 5.92. The summed E-state index contributed by atoms with van der Waals surface area (Å²) in [6.07, 6.45) is 0. The summed E-state index contributed by atoms with van der Waals surface area (Å²) < 4.78 is 5.20. The predicted molar refractivity (Wildman–Crippen MR) is 108 cm³/mol. The van der Waals surface area contributed by atoms with Crippen molar-refractivity contribution in [1.82, 2.24) is 9.88 Å². The number of likely N-dealkylation sites (N-methyl/N-ethyl adjacent to an activating group) is 1. The number of amides is 1. The third-order valence-electron chi connectivity index (χ3n) is 4.39. The zero-order valence-electron chi connectivity index (χ0n) is 16.0. The van der Waals surface area contributed by atoms with Crippen molar-refractivity contribution in [1.29, 1.82) is 0 Å². The van der Waals surface area contributed by atoms with Gasteiger partial charge in [-0.1, -0.05) is 60.7 Å². The van der Waals surface area contributed by atoms with Gasteiger partial charge in [0.15, 0.2) is 6.61 Å². The first kappa shape index (κ1) is 19.3. The van der Waals surface area contributed by atoms with Crippen molar-refractivity contribution in [3.63, 3.8) is 0 Å². The van der Waals surface area contributed by atoms with Gasteiger partial charge in [-0.2, -0.15) is 0 Å². The molecule has 0 unspecified atom stereocenters. The first-order chi connectivity index (χ1) is 13.5. The van der Waals surface area contributed by atoms with Crippen molar-refractivity contribution >= 4 is 11.9 Å². The highest BCUT2D eigenvalue weighted by atomic mass is 16.5. The first-order valence-electron chi connectivity index (χ1n) is 9.02. The van der Waals surface area contributed by atoms with E-state index in [1.807, 2.05) is 60.7 Å². The fraction of sp³-hybridized carbons (Fsp3) is 0.174. The van der Waals surface area contributed by atoms with Crippen molar-refractivity contribution in [2.45, 2.75) is 13.5 Å². The fourth-order valence-electron chi connectivity index (χ4n) is 2.81. The van der Waals surface area contributed by atoms with E-state index in [2.05, 4.69) is 4.98 Å². The SMILES string of the molecule is Cc1nc(-c2ccccc2)ccc1C(=O)OCC(=O)N(C)Cc1ccccc1. The van der Waals surface area contributed by atoms with Gasteiger partial charge in [0.05, 0.1) is 17.0 Å². The van der Waals surface area contributed by atoms with Crippen molar-refractivity contribution in [2.24, 2.45) is 0 Å². The molecule has 5 heteroatoms. The molecule has 2 aromatic carbocycles. The van der Waals surface area contributed by atoms with E-state index in [0.717, 1.165) is 16.8 Å².